The predicted octanol–water partition coefficient (Wildman–Crippen LogP) is 3.15. The summed E-state index contributed by atoms with van der Waals surface area (Å²) in [6.07, 6.45) is 5.78. The predicted molar refractivity (Wildman–Crippen MR) is 84.8 cm³/mol. The highest BCUT2D eigenvalue weighted by Gasteiger charge is 2.17. The highest BCUT2D eigenvalue weighted by molar-refractivity contribution is 7.14. The second-order valence-corrected chi connectivity index (χ2v) is 6.96. The van der Waals surface area contributed by atoms with Crippen molar-refractivity contribution in [2.24, 2.45) is 0 Å². The molecule has 21 heavy (non-hydrogen) atoms. The van der Waals surface area contributed by atoms with Crippen molar-refractivity contribution in [3.05, 3.63) is 43.8 Å². The molecule has 2 aromatic rings. The molecule has 0 radical (unpaired) electrons. The number of nitrogens with one attached hydrogen (secondary N) is 2. The first kappa shape index (κ1) is 14.3. The van der Waals surface area contributed by atoms with Gasteiger partial charge in [-0.2, -0.15) is 11.3 Å². The summed E-state index contributed by atoms with van der Waals surface area (Å²) in [4.78, 5) is 25.9. The Hall–Kier alpha value is -1.66. The second-order valence-electron chi connectivity index (χ2n) is 5.04. The van der Waals surface area contributed by atoms with Crippen molar-refractivity contribution >= 4 is 34.5 Å². The molecule has 2 N–H and O–H groups in total. The van der Waals surface area contributed by atoms with E-state index in [1.165, 1.54) is 41.0 Å². The van der Waals surface area contributed by atoms with E-state index in [-0.39, 0.29) is 11.8 Å². The van der Waals surface area contributed by atoms with E-state index in [0.29, 0.717) is 10.4 Å². The molecule has 3 rings (SSSR count). The summed E-state index contributed by atoms with van der Waals surface area (Å²) in [7, 11) is 0. The van der Waals surface area contributed by atoms with Crippen LogP contribution in [0.4, 0.5) is 0 Å². The summed E-state index contributed by atoms with van der Waals surface area (Å²) in [5.74, 6) is -0.528. The Morgan fingerprint density at radius 2 is 1.86 bits per heavy atom. The van der Waals surface area contributed by atoms with E-state index in [2.05, 4.69) is 10.9 Å². The second kappa shape index (κ2) is 6.41. The summed E-state index contributed by atoms with van der Waals surface area (Å²) in [5.41, 5.74) is 6.79. The third-order valence-electron chi connectivity index (χ3n) is 3.54. The molecule has 0 spiro atoms. The zero-order chi connectivity index (χ0) is 14.7. The number of carbonyl (C=O) groups is 2. The van der Waals surface area contributed by atoms with Crippen molar-refractivity contribution in [1.82, 2.24) is 10.9 Å². The lowest BCUT2D eigenvalue weighted by Gasteiger charge is -2.04. The quantitative estimate of drug-likeness (QED) is 0.659. The molecule has 6 heteroatoms. The number of hydrogen-bond acceptors (Lipinski definition) is 4. The zero-order valence-electron chi connectivity index (χ0n) is 11.5. The average molecular weight is 320 g/mol. The van der Waals surface area contributed by atoms with Gasteiger partial charge >= 0.3 is 0 Å². The standard InChI is InChI=1S/C15H16N2O2S2/c18-14(11-6-7-20-9-11)16-17-15(19)13-8-10-4-2-1-3-5-12(10)21-13/h6-9H,1-5H2,(H,16,18)(H,17,19). The molecule has 0 saturated carbocycles. The number of hydrogen-bond donors (Lipinski definition) is 2. The molecule has 0 bridgehead atoms. The van der Waals surface area contributed by atoms with E-state index >= 15 is 0 Å². The van der Waals surface area contributed by atoms with Crippen LogP contribution in [0, 0.1) is 0 Å². The fourth-order valence-electron chi connectivity index (χ4n) is 2.42. The molecular weight excluding hydrogens is 304 g/mol. The normalized spacial score (nSPS) is 14.1. The van der Waals surface area contributed by atoms with Crippen molar-refractivity contribution in [2.75, 3.05) is 0 Å². The Bertz CT molecular complexity index is 623. The molecule has 0 fully saturated rings. The van der Waals surface area contributed by atoms with Gasteiger partial charge in [0.15, 0.2) is 0 Å². The van der Waals surface area contributed by atoms with E-state index in [4.69, 9.17) is 0 Å². The minimum atomic E-state index is -0.289. The lowest BCUT2D eigenvalue weighted by molar-refractivity contribution is 0.0849. The Morgan fingerprint density at radius 1 is 1.05 bits per heavy atom. The molecule has 110 valence electrons. The Labute approximate surface area is 131 Å². The number of thiophene rings is 2. The van der Waals surface area contributed by atoms with Crippen LogP contribution in [-0.4, -0.2) is 11.8 Å². The highest BCUT2D eigenvalue weighted by Crippen LogP contribution is 2.28. The monoisotopic (exact) mass is 320 g/mol. The molecule has 0 unspecified atom stereocenters. The summed E-state index contributed by atoms with van der Waals surface area (Å²) < 4.78 is 0. The molecule has 0 atom stereocenters. The van der Waals surface area contributed by atoms with Crippen LogP contribution in [0.2, 0.25) is 0 Å². The molecule has 2 amide bonds. The maximum atomic E-state index is 12.1. The van der Waals surface area contributed by atoms with Gasteiger partial charge in [0.2, 0.25) is 0 Å². The lowest BCUT2D eigenvalue weighted by atomic mass is 10.1. The molecule has 0 aromatic carbocycles. The number of rotatable bonds is 2. The molecule has 0 saturated heterocycles. The average Bonchev–Trinajstić information content (AvgIpc) is 3.11. The number of carbonyl (C=O) groups excluding carboxylic acids is 2. The van der Waals surface area contributed by atoms with Gasteiger partial charge in [0.05, 0.1) is 10.4 Å². The highest BCUT2D eigenvalue weighted by atomic mass is 32.1. The van der Waals surface area contributed by atoms with Gasteiger partial charge in [-0.25, -0.2) is 0 Å². The molecule has 2 heterocycles. The first-order valence-corrected chi connectivity index (χ1v) is 8.74. The van der Waals surface area contributed by atoms with Crippen molar-refractivity contribution in [2.45, 2.75) is 32.1 Å². The van der Waals surface area contributed by atoms with Crippen molar-refractivity contribution < 1.29 is 9.59 Å². The number of aryl methyl sites for hydroxylation is 2. The maximum absolute atomic E-state index is 12.1. The Balaban J connectivity index is 1.62. The van der Waals surface area contributed by atoms with Crippen LogP contribution in [0.15, 0.2) is 22.9 Å². The van der Waals surface area contributed by atoms with Crippen LogP contribution >= 0.6 is 22.7 Å². The summed E-state index contributed by atoms with van der Waals surface area (Å²) in [6.45, 7) is 0. The van der Waals surface area contributed by atoms with Gasteiger partial charge in [0, 0.05) is 10.3 Å². The maximum Gasteiger partial charge on any atom is 0.279 e. The molecule has 4 nitrogen and oxygen atoms in total. The summed E-state index contributed by atoms with van der Waals surface area (Å²) in [5, 5.41) is 3.57. The first-order valence-electron chi connectivity index (χ1n) is 6.98. The van der Waals surface area contributed by atoms with Crippen molar-refractivity contribution in [1.29, 1.82) is 0 Å². The van der Waals surface area contributed by atoms with Gasteiger partial charge in [0.1, 0.15) is 0 Å². The van der Waals surface area contributed by atoms with Gasteiger partial charge < -0.3 is 0 Å². The minimum absolute atomic E-state index is 0.239. The van der Waals surface area contributed by atoms with Crippen LogP contribution in [0.25, 0.3) is 0 Å². The molecule has 2 aromatic heterocycles. The smallest absolute Gasteiger partial charge is 0.267 e. The zero-order valence-corrected chi connectivity index (χ0v) is 13.1. The SMILES string of the molecule is O=C(NNC(=O)c1cc2c(s1)CCCCC2)c1ccsc1. The van der Waals surface area contributed by atoms with Gasteiger partial charge in [-0.3, -0.25) is 20.4 Å². The van der Waals surface area contributed by atoms with E-state index in [1.807, 2.05) is 11.4 Å². The van der Waals surface area contributed by atoms with Crippen LogP contribution in [-0.2, 0) is 12.8 Å². The topological polar surface area (TPSA) is 58.2 Å². The molecule has 0 aliphatic heterocycles. The lowest BCUT2D eigenvalue weighted by Crippen LogP contribution is -2.41. The van der Waals surface area contributed by atoms with Gasteiger partial charge in [-0.15, -0.1) is 11.3 Å². The largest absolute Gasteiger partial charge is 0.279 e. The van der Waals surface area contributed by atoms with Gasteiger partial charge in [0.25, 0.3) is 11.8 Å². The fourth-order valence-corrected chi connectivity index (χ4v) is 4.21. The van der Waals surface area contributed by atoms with E-state index in [0.717, 1.165) is 12.8 Å². The number of amides is 2. The third-order valence-corrected chi connectivity index (χ3v) is 5.46. The van der Waals surface area contributed by atoms with Crippen LogP contribution in [0.5, 0.6) is 0 Å². The van der Waals surface area contributed by atoms with Crippen LogP contribution in [0.3, 0.4) is 0 Å². The van der Waals surface area contributed by atoms with Crippen LogP contribution < -0.4 is 10.9 Å². The summed E-state index contributed by atoms with van der Waals surface area (Å²) >= 11 is 2.99. The van der Waals surface area contributed by atoms with Gasteiger partial charge in [-0.1, -0.05) is 6.42 Å². The first-order chi connectivity index (χ1) is 10.2. The molecule has 1 aliphatic carbocycles. The fraction of sp³-hybridized carbons (Fsp3) is 0.333. The van der Waals surface area contributed by atoms with Gasteiger partial charge in [-0.05, 0) is 48.8 Å². The minimum Gasteiger partial charge on any atom is -0.267 e. The number of fused-ring (bicyclic) bond motifs is 1. The van der Waals surface area contributed by atoms with E-state index in [9.17, 15) is 9.59 Å². The van der Waals surface area contributed by atoms with Crippen molar-refractivity contribution in [3.63, 3.8) is 0 Å². The molecular formula is C15H16N2O2S2. The number of hydrazine groups is 1. The third kappa shape index (κ3) is 3.33. The van der Waals surface area contributed by atoms with E-state index < -0.39 is 0 Å². The van der Waals surface area contributed by atoms with Crippen LogP contribution in [0.1, 0.15) is 49.7 Å². The Morgan fingerprint density at radius 3 is 2.67 bits per heavy atom. The van der Waals surface area contributed by atoms with Crippen molar-refractivity contribution in [3.8, 4) is 0 Å². The Kier molecular flexibility index (Phi) is 4.36. The summed E-state index contributed by atoms with van der Waals surface area (Å²) in [6, 6.07) is 3.69. The van der Waals surface area contributed by atoms with E-state index in [1.54, 1.807) is 22.8 Å². The molecule has 1 aliphatic rings.